The van der Waals surface area contributed by atoms with Gasteiger partial charge in [0.1, 0.15) is 0 Å². The molecule has 0 saturated heterocycles. The Morgan fingerprint density at radius 1 is 1.16 bits per heavy atom. The summed E-state index contributed by atoms with van der Waals surface area (Å²) in [6.07, 6.45) is -5.69. The molecule has 8 heteroatoms. The summed E-state index contributed by atoms with van der Waals surface area (Å²) in [4.78, 5) is 3.78. The summed E-state index contributed by atoms with van der Waals surface area (Å²) in [6, 6.07) is 3.79. The molecule has 1 heterocycles. The molecule has 2 rings (SSSR count). The molecule has 1 aromatic heterocycles. The van der Waals surface area contributed by atoms with Gasteiger partial charge in [-0.1, -0.05) is 5.16 Å². The van der Waals surface area contributed by atoms with Crippen molar-refractivity contribution in [1.82, 2.24) is 10.1 Å². The second kappa shape index (κ2) is 4.79. The second-order valence-electron chi connectivity index (χ2n) is 3.83. The fraction of sp³-hybridized carbons (Fsp3) is 0.273. The Morgan fingerprint density at radius 3 is 2.53 bits per heavy atom. The Balaban J connectivity index is 2.14. The first kappa shape index (κ1) is 13.2. The monoisotopic (exact) mass is 274 g/mol. The van der Waals surface area contributed by atoms with Crippen LogP contribution >= 0.6 is 0 Å². The third-order valence-electron chi connectivity index (χ3n) is 2.32. The largest absolute Gasteiger partial charge is 0.504 e. The number of hydrogen-bond acceptors (Lipinski definition) is 5. The summed E-state index contributed by atoms with van der Waals surface area (Å²) < 4.78 is 40.9. The first-order valence-electron chi connectivity index (χ1n) is 5.27. The SMILES string of the molecule is Oc1ccc(-c2nc(CCC(F)(F)F)no2)cc1O. The molecule has 1 aromatic carbocycles. The Bertz CT molecular complexity index is 581. The fourth-order valence-electron chi connectivity index (χ4n) is 1.38. The number of nitrogens with zero attached hydrogens (tertiary/aromatic N) is 2. The average Bonchev–Trinajstić information content (AvgIpc) is 2.78. The zero-order valence-electron chi connectivity index (χ0n) is 9.48. The molecule has 0 aliphatic carbocycles. The molecule has 2 aromatic rings. The molecule has 0 unspecified atom stereocenters. The van der Waals surface area contributed by atoms with Gasteiger partial charge in [-0.3, -0.25) is 0 Å². The zero-order valence-corrected chi connectivity index (χ0v) is 9.48. The molecule has 0 aliphatic heterocycles. The first-order valence-corrected chi connectivity index (χ1v) is 5.27. The lowest BCUT2D eigenvalue weighted by Gasteiger charge is -2.01. The summed E-state index contributed by atoms with van der Waals surface area (Å²) in [5.74, 6) is -0.791. The molecule has 0 atom stereocenters. The van der Waals surface area contributed by atoms with Crippen LogP contribution in [-0.2, 0) is 6.42 Å². The maximum absolute atomic E-state index is 12.0. The molecule has 0 spiro atoms. The number of aromatic hydroxyl groups is 2. The van der Waals surface area contributed by atoms with E-state index in [1.165, 1.54) is 18.2 Å². The van der Waals surface area contributed by atoms with Gasteiger partial charge in [-0.25, -0.2) is 0 Å². The smallest absolute Gasteiger partial charge is 0.389 e. The summed E-state index contributed by atoms with van der Waals surface area (Å²) in [7, 11) is 0. The van der Waals surface area contributed by atoms with E-state index >= 15 is 0 Å². The molecule has 0 fully saturated rings. The summed E-state index contributed by atoms with van der Waals surface area (Å²) >= 11 is 0. The zero-order chi connectivity index (χ0) is 14.0. The maximum Gasteiger partial charge on any atom is 0.389 e. The van der Waals surface area contributed by atoms with Crippen LogP contribution in [0.15, 0.2) is 22.7 Å². The number of benzene rings is 1. The van der Waals surface area contributed by atoms with E-state index in [0.717, 1.165) is 0 Å². The predicted octanol–water partition coefficient (Wildman–Crippen LogP) is 2.64. The van der Waals surface area contributed by atoms with Crippen LogP contribution in [0.1, 0.15) is 12.2 Å². The number of phenols is 2. The Kier molecular flexibility index (Phi) is 3.32. The van der Waals surface area contributed by atoms with Gasteiger partial charge in [0.05, 0.1) is 6.42 Å². The number of alkyl halides is 3. The highest BCUT2D eigenvalue weighted by Gasteiger charge is 2.27. The van der Waals surface area contributed by atoms with Gasteiger partial charge in [-0.2, -0.15) is 18.2 Å². The van der Waals surface area contributed by atoms with E-state index in [9.17, 15) is 18.3 Å². The van der Waals surface area contributed by atoms with Crippen LogP contribution in [0.4, 0.5) is 13.2 Å². The minimum atomic E-state index is -4.28. The topological polar surface area (TPSA) is 79.4 Å². The molecular formula is C11H9F3N2O3. The van der Waals surface area contributed by atoms with Crippen LogP contribution in [0, 0.1) is 0 Å². The van der Waals surface area contributed by atoms with Crippen LogP contribution in [0.25, 0.3) is 11.5 Å². The van der Waals surface area contributed by atoms with Crippen LogP contribution in [0.5, 0.6) is 11.5 Å². The van der Waals surface area contributed by atoms with Gasteiger partial charge >= 0.3 is 6.18 Å². The molecule has 102 valence electrons. The van der Waals surface area contributed by atoms with Gasteiger partial charge in [-0.15, -0.1) is 0 Å². The van der Waals surface area contributed by atoms with E-state index in [1.54, 1.807) is 0 Å². The Morgan fingerprint density at radius 2 is 1.89 bits per heavy atom. The summed E-state index contributed by atoms with van der Waals surface area (Å²) in [5, 5.41) is 21.8. The van der Waals surface area contributed by atoms with Crippen molar-refractivity contribution in [3.63, 3.8) is 0 Å². The van der Waals surface area contributed by atoms with Crippen molar-refractivity contribution in [1.29, 1.82) is 0 Å². The highest BCUT2D eigenvalue weighted by Crippen LogP contribution is 2.30. The number of halogens is 3. The van der Waals surface area contributed by atoms with Crippen molar-refractivity contribution in [3.8, 4) is 23.0 Å². The van der Waals surface area contributed by atoms with Gasteiger partial charge in [-0.05, 0) is 18.2 Å². The van der Waals surface area contributed by atoms with Gasteiger partial charge in [0.25, 0.3) is 5.89 Å². The molecule has 2 N–H and O–H groups in total. The lowest BCUT2D eigenvalue weighted by molar-refractivity contribution is -0.134. The molecule has 0 radical (unpaired) electrons. The molecule has 19 heavy (non-hydrogen) atoms. The minimum absolute atomic E-state index is 0.0209. The highest BCUT2D eigenvalue weighted by molar-refractivity contribution is 5.58. The molecule has 5 nitrogen and oxygen atoms in total. The third-order valence-corrected chi connectivity index (χ3v) is 2.32. The summed E-state index contributed by atoms with van der Waals surface area (Å²) in [5.41, 5.74) is 0.307. The standard InChI is InChI=1S/C11H9F3N2O3/c12-11(13,14)4-3-9-15-10(19-16-9)6-1-2-7(17)8(18)5-6/h1-2,5,17-18H,3-4H2. The van der Waals surface area contributed by atoms with E-state index in [4.69, 9.17) is 9.63 Å². The number of hydrogen-bond donors (Lipinski definition) is 2. The maximum atomic E-state index is 12.0. The van der Waals surface area contributed by atoms with Crippen LogP contribution in [0.2, 0.25) is 0 Å². The molecular weight excluding hydrogens is 265 g/mol. The highest BCUT2D eigenvalue weighted by atomic mass is 19.4. The van der Waals surface area contributed by atoms with Crippen LogP contribution < -0.4 is 0 Å². The number of aromatic nitrogens is 2. The Labute approximate surface area is 105 Å². The van der Waals surface area contributed by atoms with Crippen molar-refractivity contribution >= 4 is 0 Å². The van der Waals surface area contributed by atoms with Crippen LogP contribution in [0.3, 0.4) is 0 Å². The van der Waals surface area contributed by atoms with E-state index in [-0.39, 0.29) is 29.6 Å². The molecule has 0 saturated carbocycles. The van der Waals surface area contributed by atoms with Crippen molar-refractivity contribution < 1.29 is 27.9 Å². The van der Waals surface area contributed by atoms with Gasteiger partial charge in [0, 0.05) is 12.0 Å². The van der Waals surface area contributed by atoms with Crippen molar-refractivity contribution in [2.24, 2.45) is 0 Å². The van der Waals surface area contributed by atoms with Crippen molar-refractivity contribution in [2.45, 2.75) is 19.0 Å². The normalized spacial score (nSPS) is 11.7. The number of aryl methyl sites for hydroxylation is 1. The average molecular weight is 274 g/mol. The minimum Gasteiger partial charge on any atom is -0.504 e. The van der Waals surface area contributed by atoms with E-state index in [1.807, 2.05) is 0 Å². The number of rotatable bonds is 3. The molecule has 0 aliphatic rings. The van der Waals surface area contributed by atoms with E-state index in [2.05, 4.69) is 10.1 Å². The van der Waals surface area contributed by atoms with Crippen molar-refractivity contribution in [3.05, 3.63) is 24.0 Å². The lowest BCUT2D eigenvalue weighted by atomic mass is 10.2. The summed E-state index contributed by atoms with van der Waals surface area (Å²) in [6.45, 7) is 0. The van der Waals surface area contributed by atoms with Gasteiger partial charge in [0.15, 0.2) is 17.3 Å². The van der Waals surface area contributed by atoms with E-state index in [0.29, 0.717) is 5.56 Å². The van der Waals surface area contributed by atoms with E-state index < -0.39 is 12.6 Å². The van der Waals surface area contributed by atoms with Gasteiger partial charge in [0.2, 0.25) is 0 Å². The lowest BCUT2D eigenvalue weighted by Crippen LogP contribution is -2.09. The second-order valence-corrected chi connectivity index (χ2v) is 3.83. The quantitative estimate of drug-likeness (QED) is 0.841. The Hall–Kier alpha value is -2.25. The number of phenolic OH excluding ortho intramolecular Hbond substituents is 2. The molecule has 0 amide bonds. The predicted molar refractivity (Wildman–Crippen MR) is 57.4 cm³/mol. The molecule has 0 bridgehead atoms. The third kappa shape index (κ3) is 3.36. The fourth-order valence-corrected chi connectivity index (χ4v) is 1.38. The van der Waals surface area contributed by atoms with Crippen molar-refractivity contribution in [2.75, 3.05) is 0 Å². The first-order chi connectivity index (χ1) is 8.85. The van der Waals surface area contributed by atoms with Crippen LogP contribution in [-0.4, -0.2) is 26.5 Å². The van der Waals surface area contributed by atoms with Gasteiger partial charge < -0.3 is 14.7 Å².